The van der Waals surface area contributed by atoms with Gasteiger partial charge in [-0.05, 0) is 69.4 Å². The predicted molar refractivity (Wildman–Crippen MR) is 113 cm³/mol. The van der Waals surface area contributed by atoms with Gasteiger partial charge in [0.15, 0.2) is 0 Å². The Bertz CT molecular complexity index is 725. The number of rotatable bonds is 4. The molecule has 2 rings (SSSR count). The number of pyridine rings is 1. The molecule has 1 N–H and O–H groups in total. The molecule has 0 aromatic carbocycles. The van der Waals surface area contributed by atoms with E-state index in [2.05, 4.69) is 40.7 Å². The van der Waals surface area contributed by atoms with Gasteiger partial charge < -0.3 is 5.11 Å². The molecule has 150 valence electrons. The van der Waals surface area contributed by atoms with Crippen LogP contribution in [0.1, 0.15) is 104 Å². The second-order valence-corrected chi connectivity index (χ2v) is 10.6. The summed E-state index contributed by atoms with van der Waals surface area (Å²) in [5.41, 5.74) is 2.26. The van der Waals surface area contributed by atoms with Crippen LogP contribution in [0.2, 0.25) is 0 Å². The molecule has 1 aliphatic rings. The molecule has 0 amide bonds. The van der Waals surface area contributed by atoms with Crippen LogP contribution in [0.4, 0.5) is 0 Å². The Morgan fingerprint density at radius 1 is 1.19 bits per heavy atom. The second-order valence-electron chi connectivity index (χ2n) is 10.6. The Labute approximate surface area is 165 Å². The first-order valence-corrected chi connectivity index (χ1v) is 10.2. The highest BCUT2D eigenvalue weighted by molar-refractivity contribution is 5.84. The molecule has 1 aromatic rings. The van der Waals surface area contributed by atoms with Crippen molar-refractivity contribution in [2.24, 2.45) is 10.8 Å². The largest absolute Gasteiger partial charge is 0.505 e. The van der Waals surface area contributed by atoms with Crippen molar-refractivity contribution in [3.05, 3.63) is 29.1 Å². The Morgan fingerprint density at radius 3 is 2.22 bits per heavy atom. The maximum absolute atomic E-state index is 11.8. The van der Waals surface area contributed by atoms with E-state index in [4.69, 9.17) is 4.98 Å². The molecular weight excluding hydrogens is 334 g/mol. The fraction of sp³-hybridized carbons (Fsp3) is 0.667. The summed E-state index contributed by atoms with van der Waals surface area (Å²) in [5.74, 6) is 0.769. The predicted octanol–water partition coefficient (Wildman–Crippen LogP) is 6.40. The normalized spacial score (nSPS) is 18.8. The summed E-state index contributed by atoms with van der Waals surface area (Å²) in [6.45, 7) is 16.4. The summed E-state index contributed by atoms with van der Waals surface area (Å²) < 4.78 is 0. The van der Waals surface area contributed by atoms with E-state index < -0.39 is 5.41 Å². The Kier molecular flexibility index (Phi) is 5.94. The Balaban J connectivity index is 2.47. The molecule has 0 aliphatic heterocycles. The van der Waals surface area contributed by atoms with Crippen LogP contribution in [0.5, 0.6) is 5.75 Å². The first-order valence-electron chi connectivity index (χ1n) is 10.2. The molecule has 1 saturated carbocycles. The average molecular weight is 372 g/mol. The van der Waals surface area contributed by atoms with Crippen molar-refractivity contribution in [2.75, 3.05) is 0 Å². The molecule has 0 spiro atoms. The Morgan fingerprint density at radius 2 is 1.74 bits per heavy atom. The minimum absolute atomic E-state index is 0.0972. The van der Waals surface area contributed by atoms with Crippen LogP contribution in [0.25, 0.3) is 6.08 Å². The third kappa shape index (κ3) is 5.21. The van der Waals surface area contributed by atoms with Gasteiger partial charge in [-0.3, -0.25) is 4.79 Å². The lowest BCUT2D eigenvalue weighted by atomic mass is 9.72. The molecule has 1 heterocycles. The van der Waals surface area contributed by atoms with E-state index in [1.807, 2.05) is 26.0 Å². The zero-order valence-electron chi connectivity index (χ0n) is 18.4. The molecule has 1 fully saturated rings. The number of carbonyl (C=O) groups is 1. The molecule has 3 nitrogen and oxygen atoms in total. The van der Waals surface area contributed by atoms with E-state index in [1.54, 1.807) is 6.92 Å². The lowest BCUT2D eigenvalue weighted by Gasteiger charge is -2.34. The van der Waals surface area contributed by atoms with Crippen LogP contribution in [-0.4, -0.2) is 15.9 Å². The monoisotopic (exact) mass is 371 g/mol. The number of allylic oxidation sites excluding steroid dienone is 1. The van der Waals surface area contributed by atoms with E-state index in [1.165, 1.54) is 12.8 Å². The minimum atomic E-state index is -0.569. The van der Waals surface area contributed by atoms with Crippen LogP contribution in [0.3, 0.4) is 0 Å². The van der Waals surface area contributed by atoms with Crippen molar-refractivity contribution in [3.63, 3.8) is 0 Å². The van der Waals surface area contributed by atoms with Gasteiger partial charge in [0.05, 0.1) is 0 Å². The summed E-state index contributed by atoms with van der Waals surface area (Å²) in [7, 11) is 0. The SMILES string of the molecule is CC(=O)C(C)(C)/C=C/c1nc(C2CCC(C)(C)CC2)cc(C(C)(C)C)c1O. The molecule has 0 atom stereocenters. The van der Waals surface area contributed by atoms with Crippen LogP contribution >= 0.6 is 0 Å². The Hall–Kier alpha value is -1.64. The summed E-state index contributed by atoms with van der Waals surface area (Å²) >= 11 is 0. The third-order valence-corrected chi connectivity index (χ3v) is 6.17. The summed E-state index contributed by atoms with van der Waals surface area (Å²) in [6.07, 6.45) is 8.36. The molecule has 27 heavy (non-hydrogen) atoms. The number of Topliss-reactive ketones (excluding diaryl/α,β-unsaturated/α-hetero) is 1. The van der Waals surface area contributed by atoms with Crippen molar-refractivity contribution < 1.29 is 9.90 Å². The molecule has 0 unspecified atom stereocenters. The number of hydrogen-bond donors (Lipinski definition) is 1. The van der Waals surface area contributed by atoms with Crippen molar-refractivity contribution >= 4 is 11.9 Å². The van der Waals surface area contributed by atoms with E-state index in [-0.39, 0.29) is 16.9 Å². The van der Waals surface area contributed by atoms with Gasteiger partial charge >= 0.3 is 0 Å². The lowest BCUT2D eigenvalue weighted by Crippen LogP contribution is -2.22. The van der Waals surface area contributed by atoms with Gasteiger partial charge in [0.2, 0.25) is 0 Å². The second kappa shape index (κ2) is 7.41. The van der Waals surface area contributed by atoms with Gasteiger partial charge in [-0.15, -0.1) is 0 Å². The van der Waals surface area contributed by atoms with E-state index in [0.29, 0.717) is 17.0 Å². The molecule has 1 aliphatic carbocycles. The highest BCUT2D eigenvalue weighted by Crippen LogP contribution is 2.44. The standard InChI is InChI=1S/C24H37NO2/c1-16(26)24(7,8)14-11-19-21(27)18(22(2,3)4)15-20(25-19)17-9-12-23(5,6)13-10-17/h11,14-15,17,27H,9-10,12-13H2,1-8H3/b14-11+. The van der Waals surface area contributed by atoms with Crippen LogP contribution < -0.4 is 0 Å². The van der Waals surface area contributed by atoms with Crippen molar-refractivity contribution in [1.29, 1.82) is 0 Å². The fourth-order valence-electron chi connectivity index (χ4n) is 3.58. The number of nitrogens with zero attached hydrogens (tertiary/aromatic N) is 1. The van der Waals surface area contributed by atoms with Crippen molar-refractivity contribution in [3.8, 4) is 5.75 Å². The summed E-state index contributed by atoms with van der Waals surface area (Å²) in [5, 5.41) is 10.9. The fourth-order valence-corrected chi connectivity index (χ4v) is 3.58. The maximum atomic E-state index is 11.8. The van der Waals surface area contributed by atoms with Gasteiger partial charge in [0, 0.05) is 22.6 Å². The molecular formula is C24H37NO2. The molecule has 1 aromatic heterocycles. The molecule has 0 saturated heterocycles. The van der Waals surface area contributed by atoms with Gasteiger partial charge in [0.25, 0.3) is 0 Å². The third-order valence-electron chi connectivity index (χ3n) is 6.17. The van der Waals surface area contributed by atoms with Gasteiger partial charge in [-0.25, -0.2) is 4.98 Å². The molecule has 0 radical (unpaired) electrons. The number of aromatic nitrogens is 1. The topological polar surface area (TPSA) is 50.2 Å². The number of ketones is 1. The molecule has 0 bridgehead atoms. The highest BCUT2D eigenvalue weighted by Gasteiger charge is 2.30. The van der Waals surface area contributed by atoms with E-state index in [9.17, 15) is 9.90 Å². The van der Waals surface area contributed by atoms with Crippen LogP contribution in [0, 0.1) is 10.8 Å². The smallest absolute Gasteiger partial charge is 0.144 e. The van der Waals surface area contributed by atoms with Gasteiger partial charge in [-0.2, -0.15) is 0 Å². The first kappa shape index (κ1) is 21.7. The van der Waals surface area contributed by atoms with E-state index in [0.717, 1.165) is 24.1 Å². The van der Waals surface area contributed by atoms with Crippen LogP contribution in [-0.2, 0) is 10.2 Å². The lowest BCUT2D eigenvalue weighted by molar-refractivity contribution is -0.122. The highest BCUT2D eigenvalue weighted by atomic mass is 16.3. The van der Waals surface area contributed by atoms with Gasteiger partial charge in [-0.1, -0.05) is 40.7 Å². The zero-order valence-corrected chi connectivity index (χ0v) is 18.4. The van der Waals surface area contributed by atoms with E-state index >= 15 is 0 Å². The minimum Gasteiger partial charge on any atom is -0.505 e. The maximum Gasteiger partial charge on any atom is 0.144 e. The first-order chi connectivity index (χ1) is 12.2. The average Bonchev–Trinajstić information content (AvgIpc) is 2.53. The van der Waals surface area contributed by atoms with Crippen molar-refractivity contribution in [2.45, 2.75) is 92.4 Å². The number of carbonyl (C=O) groups excluding carboxylic acids is 1. The quantitative estimate of drug-likeness (QED) is 0.666. The van der Waals surface area contributed by atoms with Gasteiger partial charge in [0.1, 0.15) is 17.2 Å². The number of aromatic hydroxyl groups is 1. The summed E-state index contributed by atoms with van der Waals surface area (Å²) in [6, 6.07) is 2.10. The summed E-state index contributed by atoms with van der Waals surface area (Å²) in [4.78, 5) is 16.7. The van der Waals surface area contributed by atoms with Crippen molar-refractivity contribution in [1.82, 2.24) is 4.98 Å². The van der Waals surface area contributed by atoms with Crippen LogP contribution in [0.15, 0.2) is 12.1 Å². The zero-order chi connectivity index (χ0) is 20.6. The number of hydrogen-bond acceptors (Lipinski definition) is 3. The molecule has 3 heteroatoms.